The number of amides is 1. The summed E-state index contributed by atoms with van der Waals surface area (Å²) in [5, 5.41) is 7.38. The zero-order valence-corrected chi connectivity index (χ0v) is 14.5. The SMILES string of the molecule is O=C(c1cccnc1)N1CCN(S(=O)(=O)c2cccc3nonc23)CC1. The van der Waals surface area contributed by atoms with Crippen LogP contribution in [0.1, 0.15) is 10.4 Å². The van der Waals surface area contributed by atoms with E-state index < -0.39 is 10.0 Å². The fourth-order valence-corrected chi connectivity index (χ4v) is 4.49. The number of sulfonamides is 1. The van der Waals surface area contributed by atoms with Crippen molar-refractivity contribution < 1.29 is 17.8 Å². The van der Waals surface area contributed by atoms with Crippen LogP contribution < -0.4 is 0 Å². The third kappa shape index (κ3) is 2.82. The highest BCUT2D eigenvalue weighted by atomic mass is 32.2. The molecule has 10 heteroatoms. The standard InChI is InChI=1S/C16H15N5O4S/c22-16(12-3-2-6-17-11-12)20-7-9-21(10-8-20)26(23,24)14-5-1-4-13-15(14)19-25-18-13/h1-6,11H,7-10H2. The van der Waals surface area contributed by atoms with Gasteiger partial charge in [0.2, 0.25) is 10.0 Å². The molecule has 1 saturated heterocycles. The van der Waals surface area contributed by atoms with Crippen molar-refractivity contribution >= 4 is 27.0 Å². The summed E-state index contributed by atoms with van der Waals surface area (Å²) in [6.07, 6.45) is 3.10. The molecule has 134 valence electrons. The van der Waals surface area contributed by atoms with E-state index in [4.69, 9.17) is 0 Å². The average Bonchev–Trinajstić information content (AvgIpc) is 3.17. The van der Waals surface area contributed by atoms with Crippen LogP contribution in [0.25, 0.3) is 11.0 Å². The van der Waals surface area contributed by atoms with Crippen molar-refractivity contribution in [2.24, 2.45) is 0 Å². The largest absolute Gasteiger partial charge is 0.336 e. The Bertz CT molecular complexity index is 1040. The molecule has 26 heavy (non-hydrogen) atoms. The van der Waals surface area contributed by atoms with Gasteiger partial charge >= 0.3 is 0 Å². The highest BCUT2D eigenvalue weighted by molar-refractivity contribution is 7.89. The summed E-state index contributed by atoms with van der Waals surface area (Å²) in [4.78, 5) is 18.1. The molecule has 4 rings (SSSR count). The van der Waals surface area contributed by atoms with Crippen molar-refractivity contribution in [2.45, 2.75) is 4.90 Å². The Morgan fingerprint density at radius 2 is 1.85 bits per heavy atom. The van der Waals surface area contributed by atoms with Crippen LogP contribution in [0.2, 0.25) is 0 Å². The molecule has 1 aliphatic rings. The molecule has 1 amide bonds. The van der Waals surface area contributed by atoms with Gasteiger partial charge in [-0.25, -0.2) is 13.0 Å². The summed E-state index contributed by atoms with van der Waals surface area (Å²) in [6.45, 7) is 1.02. The number of rotatable bonds is 3. The Labute approximate surface area is 149 Å². The van der Waals surface area contributed by atoms with E-state index in [0.29, 0.717) is 24.2 Å². The quantitative estimate of drug-likeness (QED) is 0.667. The second-order valence-corrected chi connectivity index (χ2v) is 7.73. The van der Waals surface area contributed by atoms with Crippen molar-refractivity contribution in [1.29, 1.82) is 0 Å². The van der Waals surface area contributed by atoms with E-state index in [1.54, 1.807) is 35.4 Å². The van der Waals surface area contributed by atoms with Crippen molar-refractivity contribution in [3.05, 3.63) is 48.3 Å². The Kier molecular flexibility index (Phi) is 4.13. The Balaban J connectivity index is 1.52. The number of hydrogen-bond acceptors (Lipinski definition) is 7. The molecule has 0 atom stereocenters. The molecule has 0 aliphatic carbocycles. The number of aromatic nitrogens is 3. The van der Waals surface area contributed by atoms with Crippen LogP contribution in [0.5, 0.6) is 0 Å². The van der Waals surface area contributed by atoms with E-state index in [0.717, 1.165) is 0 Å². The molecule has 0 bridgehead atoms. The third-order valence-corrected chi connectivity index (χ3v) is 6.23. The minimum absolute atomic E-state index is 0.0586. The van der Waals surface area contributed by atoms with Crippen LogP contribution in [-0.2, 0) is 10.0 Å². The second-order valence-electron chi connectivity index (χ2n) is 5.83. The van der Waals surface area contributed by atoms with Crippen molar-refractivity contribution in [1.82, 2.24) is 24.5 Å². The van der Waals surface area contributed by atoms with Gasteiger partial charge in [0.15, 0.2) is 5.52 Å². The average molecular weight is 373 g/mol. The van der Waals surface area contributed by atoms with Crippen LogP contribution in [-0.4, -0.2) is 65.0 Å². The molecule has 0 N–H and O–H groups in total. The van der Waals surface area contributed by atoms with Gasteiger partial charge in [0.1, 0.15) is 10.4 Å². The van der Waals surface area contributed by atoms with E-state index in [1.807, 2.05) is 0 Å². The zero-order chi connectivity index (χ0) is 18.1. The van der Waals surface area contributed by atoms with Gasteiger partial charge in [0, 0.05) is 38.6 Å². The van der Waals surface area contributed by atoms with Crippen LogP contribution in [0, 0.1) is 0 Å². The highest BCUT2D eigenvalue weighted by Crippen LogP contribution is 2.24. The number of hydrogen-bond donors (Lipinski definition) is 0. The molecule has 3 heterocycles. The van der Waals surface area contributed by atoms with Crippen molar-refractivity contribution in [3.63, 3.8) is 0 Å². The van der Waals surface area contributed by atoms with E-state index >= 15 is 0 Å². The van der Waals surface area contributed by atoms with Gasteiger partial charge in [0.25, 0.3) is 5.91 Å². The van der Waals surface area contributed by atoms with Gasteiger partial charge < -0.3 is 4.90 Å². The Morgan fingerprint density at radius 1 is 1.04 bits per heavy atom. The van der Waals surface area contributed by atoms with Gasteiger partial charge in [-0.2, -0.15) is 4.31 Å². The van der Waals surface area contributed by atoms with Gasteiger partial charge in [0.05, 0.1) is 5.56 Å². The molecular weight excluding hydrogens is 358 g/mol. The first-order valence-corrected chi connectivity index (χ1v) is 9.42. The molecular formula is C16H15N5O4S. The molecule has 1 aromatic carbocycles. The van der Waals surface area contributed by atoms with Gasteiger partial charge in [-0.15, -0.1) is 0 Å². The van der Waals surface area contributed by atoms with E-state index in [1.165, 1.54) is 16.6 Å². The number of fused-ring (bicyclic) bond motifs is 1. The summed E-state index contributed by atoms with van der Waals surface area (Å²) in [7, 11) is -3.75. The molecule has 1 aliphatic heterocycles. The van der Waals surface area contributed by atoms with Gasteiger partial charge in [-0.1, -0.05) is 6.07 Å². The number of carbonyl (C=O) groups excluding carboxylic acids is 1. The predicted octanol–water partition coefficient (Wildman–Crippen LogP) is 0.765. The molecule has 0 radical (unpaired) electrons. The summed E-state index contributed by atoms with van der Waals surface area (Å²) >= 11 is 0. The van der Waals surface area contributed by atoms with Crippen LogP contribution in [0.3, 0.4) is 0 Å². The van der Waals surface area contributed by atoms with Gasteiger partial charge in [-0.05, 0) is 34.6 Å². The normalized spacial score (nSPS) is 16.1. The maximum atomic E-state index is 12.9. The van der Waals surface area contributed by atoms with Crippen LogP contribution in [0.15, 0.2) is 52.3 Å². The maximum Gasteiger partial charge on any atom is 0.255 e. The Morgan fingerprint density at radius 3 is 2.58 bits per heavy atom. The topological polar surface area (TPSA) is 110 Å². The lowest BCUT2D eigenvalue weighted by Crippen LogP contribution is -2.50. The number of pyridine rings is 1. The lowest BCUT2D eigenvalue weighted by atomic mass is 10.2. The number of piperazine rings is 1. The fraction of sp³-hybridized carbons (Fsp3) is 0.250. The first kappa shape index (κ1) is 16.6. The smallest absolute Gasteiger partial charge is 0.255 e. The summed E-state index contributed by atoms with van der Waals surface area (Å²) < 4.78 is 31.9. The van der Waals surface area contributed by atoms with E-state index in [-0.39, 0.29) is 29.4 Å². The second kappa shape index (κ2) is 6.46. The molecule has 0 saturated carbocycles. The van der Waals surface area contributed by atoms with E-state index in [9.17, 15) is 13.2 Å². The third-order valence-electron chi connectivity index (χ3n) is 4.30. The lowest BCUT2D eigenvalue weighted by molar-refractivity contribution is 0.0697. The maximum absolute atomic E-state index is 12.9. The number of benzene rings is 1. The molecule has 3 aromatic rings. The fourth-order valence-electron chi connectivity index (χ4n) is 2.93. The van der Waals surface area contributed by atoms with Gasteiger partial charge in [-0.3, -0.25) is 9.78 Å². The van der Waals surface area contributed by atoms with Crippen molar-refractivity contribution in [2.75, 3.05) is 26.2 Å². The number of nitrogens with zero attached hydrogens (tertiary/aromatic N) is 5. The molecule has 2 aromatic heterocycles. The summed E-state index contributed by atoms with van der Waals surface area (Å²) in [6, 6.07) is 8.10. The summed E-state index contributed by atoms with van der Waals surface area (Å²) in [5.41, 5.74) is 1.08. The number of carbonyl (C=O) groups is 1. The minimum Gasteiger partial charge on any atom is -0.336 e. The van der Waals surface area contributed by atoms with Crippen LogP contribution >= 0.6 is 0 Å². The molecule has 0 spiro atoms. The minimum atomic E-state index is -3.75. The summed E-state index contributed by atoms with van der Waals surface area (Å²) in [5.74, 6) is -0.155. The highest BCUT2D eigenvalue weighted by Gasteiger charge is 2.32. The first-order valence-electron chi connectivity index (χ1n) is 7.98. The lowest BCUT2D eigenvalue weighted by Gasteiger charge is -2.34. The molecule has 0 unspecified atom stereocenters. The first-order chi connectivity index (χ1) is 12.6. The molecule has 1 fully saturated rings. The Hall–Kier alpha value is -2.85. The molecule has 9 nitrogen and oxygen atoms in total. The monoisotopic (exact) mass is 373 g/mol. The predicted molar refractivity (Wildman–Crippen MR) is 90.7 cm³/mol. The van der Waals surface area contributed by atoms with Crippen LogP contribution in [0.4, 0.5) is 0 Å². The van der Waals surface area contributed by atoms with E-state index in [2.05, 4.69) is 19.9 Å². The zero-order valence-electron chi connectivity index (χ0n) is 13.6. The van der Waals surface area contributed by atoms with Crippen molar-refractivity contribution in [3.8, 4) is 0 Å².